The molecule has 1 saturated carbocycles. The van der Waals surface area contributed by atoms with Crippen LogP contribution in [0.15, 0.2) is 54.9 Å². The zero-order valence-electron chi connectivity index (χ0n) is 24.0. The van der Waals surface area contributed by atoms with Gasteiger partial charge in [0.05, 0.1) is 31.4 Å². The maximum atomic E-state index is 13.9. The van der Waals surface area contributed by atoms with E-state index in [9.17, 15) is 9.59 Å². The Morgan fingerprint density at radius 1 is 1.10 bits per heavy atom. The number of aromatic nitrogens is 2. The van der Waals surface area contributed by atoms with E-state index in [0.29, 0.717) is 30.8 Å². The number of hydrogen-bond donors (Lipinski definition) is 2. The first-order valence-corrected chi connectivity index (χ1v) is 14.3. The van der Waals surface area contributed by atoms with E-state index in [2.05, 4.69) is 54.9 Å². The minimum atomic E-state index is -0.672. The Bertz CT molecular complexity index is 1360. The lowest BCUT2D eigenvalue weighted by molar-refractivity contribution is -0.127. The second-order valence-corrected chi connectivity index (χ2v) is 12.2. The number of hydrogen-bond acceptors (Lipinski definition) is 5. The third kappa shape index (κ3) is 5.92. The fourth-order valence-corrected chi connectivity index (χ4v) is 5.80. The van der Waals surface area contributed by atoms with E-state index in [4.69, 9.17) is 15.5 Å². The van der Waals surface area contributed by atoms with Crippen LogP contribution in [0, 0.1) is 0 Å². The van der Waals surface area contributed by atoms with Gasteiger partial charge in [0, 0.05) is 30.6 Å². The first-order valence-electron chi connectivity index (χ1n) is 14.3. The maximum absolute atomic E-state index is 13.9. The van der Waals surface area contributed by atoms with Gasteiger partial charge in [0.2, 0.25) is 5.91 Å². The summed E-state index contributed by atoms with van der Waals surface area (Å²) in [6.07, 6.45) is 6.06. The topological polar surface area (TPSA) is 102 Å². The Balaban J connectivity index is 1.43. The highest BCUT2D eigenvalue weighted by Crippen LogP contribution is 2.28. The summed E-state index contributed by atoms with van der Waals surface area (Å²) >= 11 is 0. The van der Waals surface area contributed by atoms with Crippen molar-refractivity contribution in [2.45, 2.75) is 89.5 Å². The van der Waals surface area contributed by atoms with Crippen LogP contribution in [0.25, 0.3) is 0 Å². The van der Waals surface area contributed by atoms with Crippen molar-refractivity contribution in [1.82, 2.24) is 19.8 Å². The molecule has 2 aliphatic rings. The zero-order valence-corrected chi connectivity index (χ0v) is 24.0. The minimum Gasteiger partial charge on any atom is -0.497 e. The van der Waals surface area contributed by atoms with Gasteiger partial charge in [-0.3, -0.25) is 9.59 Å². The molecular formula is C32H41N5O3. The Morgan fingerprint density at radius 2 is 1.85 bits per heavy atom. The largest absolute Gasteiger partial charge is 0.497 e. The van der Waals surface area contributed by atoms with E-state index in [1.54, 1.807) is 36.3 Å². The van der Waals surface area contributed by atoms with Crippen molar-refractivity contribution in [2.24, 2.45) is 5.73 Å². The summed E-state index contributed by atoms with van der Waals surface area (Å²) in [5.74, 6) is 0.220. The number of fused-ring (bicyclic) bond motifs is 1. The number of amides is 2. The molecule has 3 N–H and O–H groups in total. The van der Waals surface area contributed by atoms with Crippen LogP contribution >= 0.6 is 0 Å². The van der Waals surface area contributed by atoms with E-state index in [1.807, 2.05) is 6.33 Å². The van der Waals surface area contributed by atoms with Crippen molar-refractivity contribution in [3.8, 4) is 5.75 Å². The molecule has 1 aliphatic heterocycles. The van der Waals surface area contributed by atoms with Crippen molar-refractivity contribution >= 4 is 11.8 Å². The lowest BCUT2D eigenvalue weighted by atomic mass is 9.87. The molecule has 0 bridgehead atoms. The second-order valence-electron chi connectivity index (χ2n) is 12.2. The lowest BCUT2D eigenvalue weighted by Crippen LogP contribution is -2.57. The summed E-state index contributed by atoms with van der Waals surface area (Å²) < 4.78 is 7.46. The molecule has 0 saturated heterocycles. The Kier molecular flexibility index (Phi) is 7.99. The standard InChI is InChI=1S/C32H41N5O3/c1-32(2,3)23-14-12-21(13-15-23)18-36-20-34-27-17-28(30(38)35-26-11-6-5-10-25(26)33)37(19-29(27)36)31(39)22-8-7-9-24(16-22)40-4/h7-9,12-16,20,25-26,28H,5-6,10-11,17-19,33H2,1-4H3,(H,35,38). The zero-order chi connectivity index (χ0) is 28.4. The van der Waals surface area contributed by atoms with E-state index in [1.165, 1.54) is 5.56 Å². The normalized spacial score (nSPS) is 21.0. The van der Waals surface area contributed by atoms with Crippen LogP contribution in [0.2, 0.25) is 0 Å². The van der Waals surface area contributed by atoms with Gasteiger partial charge in [-0.1, -0.05) is 63.9 Å². The Labute approximate surface area is 236 Å². The molecular weight excluding hydrogens is 502 g/mol. The molecule has 40 heavy (non-hydrogen) atoms. The van der Waals surface area contributed by atoms with Crippen molar-refractivity contribution < 1.29 is 14.3 Å². The SMILES string of the molecule is COc1cccc(C(=O)N2Cc3c(ncn3Cc3ccc(C(C)(C)C)cc3)CC2C(=O)NC2CCCCC2N)c1. The van der Waals surface area contributed by atoms with Crippen molar-refractivity contribution in [2.75, 3.05) is 7.11 Å². The molecule has 0 radical (unpaired) electrons. The van der Waals surface area contributed by atoms with Gasteiger partial charge in [0.15, 0.2) is 0 Å². The van der Waals surface area contributed by atoms with E-state index < -0.39 is 6.04 Å². The Morgan fingerprint density at radius 3 is 2.55 bits per heavy atom. The summed E-state index contributed by atoms with van der Waals surface area (Å²) in [5, 5.41) is 3.17. The number of benzene rings is 2. The lowest BCUT2D eigenvalue weighted by Gasteiger charge is -2.37. The Hall–Kier alpha value is -3.65. The van der Waals surface area contributed by atoms with Crippen LogP contribution in [0.3, 0.4) is 0 Å². The third-order valence-corrected chi connectivity index (χ3v) is 8.32. The summed E-state index contributed by atoms with van der Waals surface area (Å²) in [6, 6.07) is 14.9. The average Bonchev–Trinajstić information content (AvgIpc) is 3.34. The van der Waals surface area contributed by atoms with Crippen LogP contribution in [0.4, 0.5) is 0 Å². The predicted molar refractivity (Wildman–Crippen MR) is 155 cm³/mol. The van der Waals surface area contributed by atoms with Gasteiger partial charge in [0.1, 0.15) is 11.8 Å². The molecule has 1 fully saturated rings. The van der Waals surface area contributed by atoms with Gasteiger partial charge in [-0.2, -0.15) is 0 Å². The molecule has 3 unspecified atom stereocenters. The number of nitrogens with one attached hydrogen (secondary N) is 1. The number of ether oxygens (including phenoxy) is 1. The molecule has 2 amide bonds. The van der Waals surface area contributed by atoms with Crippen LogP contribution in [0.5, 0.6) is 5.75 Å². The minimum absolute atomic E-state index is 0.0664. The van der Waals surface area contributed by atoms with E-state index >= 15 is 0 Å². The molecule has 1 aliphatic carbocycles. The fourth-order valence-electron chi connectivity index (χ4n) is 5.80. The van der Waals surface area contributed by atoms with Gasteiger partial charge in [0.25, 0.3) is 5.91 Å². The van der Waals surface area contributed by atoms with Gasteiger partial charge in [-0.25, -0.2) is 4.98 Å². The molecule has 3 atom stereocenters. The number of carbonyl (C=O) groups is 2. The first kappa shape index (κ1) is 27.9. The van der Waals surface area contributed by atoms with Gasteiger partial charge in [-0.15, -0.1) is 0 Å². The fraction of sp³-hybridized carbons (Fsp3) is 0.469. The molecule has 8 nitrogen and oxygen atoms in total. The summed E-state index contributed by atoms with van der Waals surface area (Å²) in [4.78, 5) is 34.0. The van der Waals surface area contributed by atoms with Crippen LogP contribution < -0.4 is 15.8 Å². The average molecular weight is 544 g/mol. The van der Waals surface area contributed by atoms with Crippen molar-refractivity contribution in [1.29, 1.82) is 0 Å². The van der Waals surface area contributed by atoms with Gasteiger partial charge >= 0.3 is 0 Å². The third-order valence-electron chi connectivity index (χ3n) is 8.32. The molecule has 2 aromatic carbocycles. The van der Waals surface area contributed by atoms with E-state index in [-0.39, 0.29) is 29.3 Å². The predicted octanol–water partition coefficient (Wildman–Crippen LogP) is 4.19. The van der Waals surface area contributed by atoms with E-state index in [0.717, 1.165) is 42.6 Å². The smallest absolute Gasteiger partial charge is 0.255 e. The molecule has 1 aromatic heterocycles. The number of nitrogens with two attached hydrogens (primary N) is 1. The summed E-state index contributed by atoms with van der Waals surface area (Å²) in [5.41, 5.74) is 11.2. The molecule has 5 rings (SSSR count). The van der Waals surface area contributed by atoms with Crippen LogP contribution in [-0.2, 0) is 29.7 Å². The highest BCUT2D eigenvalue weighted by Gasteiger charge is 2.38. The monoisotopic (exact) mass is 543 g/mol. The van der Waals surface area contributed by atoms with Gasteiger partial charge < -0.3 is 25.3 Å². The highest BCUT2D eigenvalue weighted by atomic mass is 16.5. The maximum Gasteiger partial charge on any atom is 0.255 e. The van der Waals surface area contributed by atoms with Gasteiger partial charge in [-0.05, 0) is 47.6 Å². The van der Waals surface area contributed by atoms with Crippen molar-refractivity contribution in [3.63, 3.8) is 0 Å². The summed E-state index contributed by atoms with van der Waals surface area (Å²) in [7, 11) is 1.58. The van der Waals surface area contributed by atoms with Crippen LogP contribution in [-0.4, -0.2) is 51.5 Å². The molecule has 0 spiro atoms. The number of imidazole rings is 1. The summed E-state index contributed by atoms with van der Waals surface area (Å²) in [6.45, 7) is 7.55. The van der Waals surface area contributed by atoms with Crippen LogP contribution in [0.1, 0.15) is 79.3 Å². The molecule has 8 heteroatoms. The highest BCUT2D eigenvalue weighted by molar-refractivity contribution is 5.98. The molecule has 2 heterocycles. The quantitative estimate of drug-likeness (QED) is 0.485. The number of carbonyl (C=O) groups excluding carboxylic acids is 2. The first-order chi connectivity index (χ1) is 19.1. The number of rotatable bonds is 6. The molecule has 3 aromatic rings. The van der Waals surface area contributed by atoms with Crippen molar-refractivity contribution in [3.05, 3.63) is 82.9 Å². The second kappa shape index (κ2) is 11.5. The number of nitrogens with zero attached hydrogens (tertiary/aromatic N) is 3. The number of methoxy groups -OCH3 is 1. The molecule has 212 valence electrons.